The van der Waals surface area contributed by atoms with Gasteiger partial charge in [0.05, 0.1) is 30.0 Å². The fraction of sp³-hybridized carbons (Fsp3) is 0.273. The molecule has 1 amide bonds. The first-order valence-electron chi connectivity index (χ1n) is 10.4. The number of nitrogens with two attached hydrogens (primary N) is 1. The first-order chi connectivity index (χ1) is 16.2. The van der Waals surface area contributed by atoms with E-state index in [1.165, 1.54) is 19.2 Å². The number of carbonyl (C=O) groups is 1. The van der Waals surface area contributed by atoms with E-state index >= 15 is 0 Å². The molecule has 0 spiro atoms. The van der Waals surface area contributed by atoms with Gasteiger partial charge in [-0.3, -0.25) is 23.9 Å². The zero-order valence-electron chi connectivity index (χ0n) is 18.6. The summed E-state index contributed by atoms with van der Waals surface area (Å²) in [6.45, 7) is 2.19. The summed E-state index contributed by atoms with van der Waals surface area (Å²) in [5, 5.41) is 11.2. The predicted octanol–water partition coefficient (Wildman–Crippen LogP) is 1.68. The molecule has 4 heterocycles. The SMILES string of the molecule is COC1(c2cc(-c3cn(-c4c(F)cccc4F)c(=O)c4c(N)n[nH]c34)nn2C)CN(C(C)=O)C1. The summed E-state index contributed by atoms with van der Waals surface area (Å²) in [6.07, 6.45) is 1.30. The summed E-state index contributed by atoms with van der Waals surface area (Å²) in [6, 6.07) is 5.08. The van der Waals surface area contributed by atoms with Crippen LogP contribution in [0, 0.1) is 11.6 Å². The number of benzene rings is 1. The van der Waals surface area contributed by atoms with Crippen molar-refractivity contribution in [3.05, 3.63) is 58.1 Å². The molecule has 1 aliphatic rings. The van der Waals surface area contributed by atoms with Crippen LogP contribution in [0.3, 0.4) is 0 Å². The highest BCUT2D eigenvalue weighted by Gasteiger charge is 2.48. The number of hydrogen-bond donors (Lipinski definition) is 2. The summed E-state index contributed by atoms with van der Waals surface area (Å²) < 4.78 is 37.4. The maximum Gasteiger partial charge on any atom is 0.268 e. The zero-order valence-corrected chi connectivity index (χ0v) is 18.6. The van der Waals surface area contributed by atoms with Crippen molar-refractivity contribution in [1.82, 2.24) is 29.4 Å². The van der Waals surface area contributed by atoms with Gasteiger partial charge in [0.15, 0.2) is 5.82 Å². The molecule has 0 atom stereocenters. The Morgan fingerprint density at radius 1 is 1.26 bits per heavy atom. The number of aryl methyl sites for hydroxylation is 1. The van der Waals surface area contributed by atoms with Gasteiger partial charge in [-0.25, -0.2) is 8.78 Å². The smallest absolute Gasteiger partial charge is 0.268 e. The van der Waals surface area contributed by atoms with Crippen molar-refractivity contribution in [2.45, 2.75) is 12.5 Å². The molecule has 4 aromatic rings. The number of nitrogen functional groups attached to an aromatic ring is 1. The van der Waals surface area contributed by atoms with E-state index in [0.717, 1.165) is 16.7 Å². The minimum atomic E-state index is -0.909. The molecule has 0 bridgehead atoms. The van der Waals surface area contributed by atoms with Crippen molar-refractivity contribution in [3.63, 3.8) is 0 Å². The number of halogens is 2. The van der Waals surface area contributed by atoms with E-state index in [-0.39, 0.29) is 22.6 Å². The van der Waals surface area contributed by atoms with Crippen LogP contribution >= 0.6 is 0 Å². The van der Waals surface area contributed by atoms with Crippen LogP contribution in [0.5, 0.6) is 0 Å². The molecule has 1 fully saturated rings. The number of methoxy groups -OCH3 is 1. The number of likely N-dealkylation sites (tertiary alicyclic amines) is 1. The van der Waals surface area contributed by atoms with E-state index < -0.39 is 28.5 Å². The number of nitrogens with zero attached hydrogens (tertiary/aromatic N) is 5. The van der Waals surface area contributed by atoms with Gasteiger partial charge < -0.3 is 15.4 Å². The molecule has 0 unspecified atom stereocenters. The Balaban J connectivity index is 1.72. The van der Waals surface area contributed by atoms with E-state index in [0.29, 0.717) is 30.0 Å². The fourth-order valence-corrected chi connectivity index (χ4v) is 4.43. The number of hydrogen-bond acceptors (Lipinski definition) is 6. The Morgan fingerprint density at radius 2 is 1.94 bits per heavy atom. The highest BCUT2D eigenvalue weighted by molar-refractivity contribution is 5.97. The number of anilines is 1. The lowest BCUT2D eigenvalue weighted by molar-refractivity contribution is -0.164. The molecule has 34 heavy (non-hydrogen) atoms. The number of aromatic amines is 1. The van der Waals surface area contributed by atoms with Crippen molar-refractivity contribution in [2.24, 2.45) is 7.05 Å². The average molecular weight is 469 g/mol. The second kappa shape index (κ2) is 7.48. The molecule has 0 radical (unpaired) electrons. The molecule has 1 saturated heterocycles. The van der Waals surface area contributed by atoms with Crippen molar-refractivity contribution in [3.8, 4) is 16.9 Å². The van der Waals surface area contributed by atoms with Gasteiger partial charge in [0.25, 0.3) is 5.56 Å². The minimum absolute atomic E-state index is 0.0137. The van der Waals surface area contributed by atoms with E-state index in [1.54, 1.807) is 29.8 Å². The maximum atomic E-state index is 14.6. The van der Waals surface area contributed by atoms with Crippen molar-refractivity contribution < 1.29 is 18.3 Å². The summed E-state index contributed by atoms with van der Waals surface area (Å²) in [4.78, 5) is 26.5. The van der Waals surface area contributed by atoms with E-state index in [9.17, 15) is 18.4 Å². The number of fused-ring (bicyclic) bond motifs is 1. The molecule has 1 aromatic carbocycles. The van der Waals surface area contributed by atoms with Crippen LogP contribution in [0.15, 0.2) is 35.3 Å². The third-order valence-corrected chi connectivity index (χ3v) is 6.28. The Labute approximate surface area is 191 Å². The Kier molecular flexibility index (Phi) is 4.79. The van der Waals surface area contributed by atoms with Crippen molar-refractivity contribution >= 4 is 22.6 Å². The van der Waals surface area contributed by atoms with Gasteiger partial charge >= 0.3 is 0 Å². The number of ether oxygens (including phenoxy) is 1. The normalized spacial score (nSPS) is 15.0. The first-order valence-corrected chi connectivity index (χ1v) is 10.4. The van der Waals surface area contributed by atoms with Crippen LogP contribution in [-0.4, -0.2) is 55.6 Å². The molecule has 5 rings (SSSR count). The van der Waals surface area contributed by atoms with Gasteiger partial charge in [-0.15, -0.1) is 0 Å². The van der Waals surface area contributed by atoms with Gasteiger partial charge in [0.2, 0.25) is 5.91 Å². The number of aromatic nitrogens is 5. The lowest BCUT2D eigenvalue weighted by Gasteiger charge is -2.48. The largest absolute Gasteiger partial charge is 0.382 e. The molecule has 12 heteroatoms. The monoisotopic (exact) mass is 469 g/mol. The summed E-state index contributed by atoms with van der Waals surface area (Å²) in [5.41, 5.74) is 5.63. The Hall–Kier alpha value is -4.06. The highest BCUT2D eigenvalue weighted by atomic mass is 19.1. The van der Waals surface area contributed by atoms with Crippen molar-refractivity contribution in [1.29, 1.82) is 0 Å². The number of rotatable bonds is 4. The zero-order chi connectivity index (χ0) is 24.4. The van der Waals surface area contributed by atoms with Crippen LogP contribution in [0.1, 0.15) is 12.6 Å². The van der Waals surface area contributed by atoms with Crippen LogP contribution < -0.4 is 11.3 Å². The van der Waals surface area contributed by atoms with Gasteiger partial charge in [0, 0.05) is 32.8 Å². The highest BCUT2D eigenvalue weighted by Crippen LogP contribution is 2.38. The van der Waals surface area contributed by atoms with E-state index in [4.69, 9.17) is 10.5 Å². The van der Waals surface area contributed by atoms with Gasteiger partial charge in [-0.1, -0.05) is 6.07 Å². The summed E-state index contributed by atoms with van der Waals surface area (Å²) in [7, 11) is 3.28. The summed E-state index contributed by atoms with van der Waals surface area (Å²) in [5.74, 6) is -1.99. The number of pyridine rings is 1. The van der Waals surface area contributed by atoms with E-state index in [2.05, 4.69) is 15.3 Å². The maximum absolute atomic E-state index is 14.6. The topological polar surface area (TPSA) is 124 Å². The standard InChI is InChI=1S/C22H21F2N7O3/c1-11(32)30-9-22(10-30,34-3)16-7-15(28-29(16)2)12-8-31(19-13(23)5-4-6-14(19)24)21(33)17-18(12)26-27-20(17)25/h4-8H,9-10H2,1-3H3,(H3,25,26,27). The van der Waals surface area contributed by atoms with Crippen LogP contribution in [0.4, 0.5) is 14.6 Å². The number of carbonyl (C=O) groups excluding carboxylic acids is 1. The molecule has 0 saturated carbocycles. The van der Waals surface area contributed by atoms with Gasteiger partial charge in [-0.2, -0.15) is 10.2 Å². The fourth-order valence-electron chi connectivity index (χ4n) is 4.43. The van der Waals surface area contributed by atoms with Crippen LogP contribution in [0.25, 0.3) is 27.8 Å². The molecular formula is C22H21F2N7O3. The Bertz CT molecular complexity index is 1490. The third kappa shape index (κ3) is 3.02. The summed E-state index contributed by atoms with van der Waals surface area (Å²) >= 11 is 0. The van der Waals surface area contributed by atoms with Crippen molar-refractivity contribution in [2.75, 3.05) is 25.9 Å². The molecule has 3 N–H and O–H groups in total. The van der Waals surface area contributed by atoms with E-state index in [1.807, 2.05) is 0 Å². The third-order valence-electron chi connectivity index (χ3n) is 6.28. The predicted molar refractivity (Wildman–Crippen MR) is 119 cm³/mol. The first kappa shape index (κ1) is 21.8. The average Bonchev–Trinajstić information content (AvgIpc) is 3.33. The molecule has 0 aliphatic carbocycles. The second-order valence-electron chi connectivity index (χ2n) is 8.26. The quantitative estimate of drug-likeness (QED) is 0.469. The molecular weight excluding hydrogens is 448 g/mol. The molecule has 176 valence electrons. The lowest BCUT2D eigenvalue weighted by atomic mass is 9.89. The number of para-hydroxylation sites is 1. The van der Waals surface area contributed by atoms with Crippen LogP contribution in [-0.2, 0) is 22.2 Å². The van der Waals surface area contributed by atoms with Gasteiger partial charge in [0.1, 0.15) is 28.3 Å². The minimum Gasteiger partial charge on any atom is -0.382 e. The van der Waals surface area contributed by atoms with Gasteiger partial charge in [-0.05, 0) is 18.2 Å². The number of nitrogens with one attached hydrogen (secondary N) is 1. The molecule has 10 nitrogen and oxygen atoms in total. The molecule has 3 aromatic heterocycles. The number of H-pyrrole nitrogens is 1. The lowest BCUT2D eigenvalue weighted by Crippen LogP contribution is -2.62. The Morgan fingerprint density at radius 3 is 2.56 bits per heavy atom. The van der Waals surface area contributed by atoms with Crippen LogP contribution in [0.2, 0.25) is 0 Å². The number of amides is 1. The second-order valence-corrected chi connectivity index (χ2v) is 8.26. The molecule has 1 aliphatic heterocycles.